The molecule has 1 atom stereocenters. The van der Waals surface area contributed by atoms with Crippen LogP contribution in [0.25, 0.3) is 6.08 Å². The Bertz CT molecular complexity index is 772. The highest BCUT2D eigenvalue weighted by Gasteiger charge is 2.12. The molecule has 2 heteroatoms. The van der Waals surface area contributed by atoms with E-state index < -0.39 is 5.97 Å². The van der Waals surface area contributed by atoms with Crippen LogP contribution >= 0.6 is 0 Å². The molecule has 28 heavy (non-hydrogen) atoms. The summed E-state index contributed by atoms with van der Waals surface area (Å²) in [6, 6.07) is 15.3. The first-order valence-electron chi connectivity index (χ1n) is 10.6. The highest BCUT2D eigenvalue weighted by atomic mass is 16.4. The van der Waals surface area contributed by atoms with Crippen LogP contribution in [0.2, 0.25) is 0 Å². The fourth-order valence-corrected chi connectivity index (χ4v) is 3.66. The molecule has 2 aromatic carbocycles. The van der Waals surface area contributed by atoms with Gasteiger partial charge in [0.05, 0.1) is 0 Å². The van der Waals surface area contributed by atoms with Crippen LogP contribution in [-0.2, 0) is 24.1 Å². The lowest BCUT2D eigenvalue weighted by molar-refractivity contribution is -0.131. The van der Waals surface area contributed by atoms with E-state index in [0.29, 0.717) is 5.92 Å². The van der Waals surface area contributed by atoms with E-state index in [2.05, 4.69) is 51.1 Å². The molecule has 1 unspecified atom stereocenters. The molecule has 2 aromatic rings. The van der Waals surface area contributed by atoms with Gasteiger partial charge in [-0.25, -0.2) is 4.79 Å². The quantitative estimate of drug-likeness (QED) is 0.436. The topological polar surface area (TPSA) is 37.3 Å². The molecule has 2 rings (SSSR count). The van der Waals surface area contributed by atoms with Gasteiger partial charge in [-0.2, -0.15) is 0 Å². The van der Waals surface area contributed by atoms with Crippen LogP contribution < -0.4 is 0 Å². The van der Waals surface area contributed by atoms with Crippen LogP contribution in [0.5, 0.6) is 0 Å². The van der Waals surface area contributed by atoms with Gasteiger partial charge >= 0.3 is 5.97 Å². The largest absolute Gasteiger partial charge is 0.478 e. The molecule has 0 aliphatic carbocycles. The summed E-state index contributed by atoms with van der Waals surface area (Å²) in [4.78, 5) is 10.6. The molecule has 0 aliphatic heterocycles. The maximum Gasteiger partial charge on any atom is 0.328 e. The number of aliphatic carboxylic acids is 1. The number of carboxylic acids is 1. The molecule has 0 saturated heterocycles. The molecule has 0 heterocycles. The summed E-state index contributed by atoms with van der Waals surface area (Å²) in [7, 11) is 0. The zero-order valence-corrected chi connectivity index (χ0v) is 17.6. The summed E-state index contributed by atoms with van der Waals surface area (Å²) in [5.74, 6) is -0.452. The van der Waals surface area contributed by atoms with Crippen molar-refractivity contribution >= 4 is 12.0 Å². The molecule has 0 bridgehead atoms. The first kappa shape index (κ1) is 21.9. The lowest BCUT2D eigenvalue weighted by Gasteiger charge is -2.18. The minimum atomic E-state index is -0.917. The van der Waals surface area contributed by atoms with Gasteiger partial charge in [-0.05, 0) is 71.9 Å². The standard InChI is InChI=1S/C26H34O2/c1-4-6-8-22-14-16-25(24(19-22)9-7-5-2)20(3)18-23-12-10-21(11-13-23)15-17-26(27)28/h10-17,19-20H,4-9,18H2,1-3H3,(H,27,28)/b17-15+. The summed E-state index contributed by atoms with van der Waals surface area (Å²) in [5.41, 5.74) is 6.67. The van der Waals surface area contributed by atoms with Crippen molar-refractivity contribution in [3.8, 4) is 0 Å². The Labute approximate surface area is 170 Å². The van der Waals surface area contributed by atoms with Crippen LogP contribution in [0.1, 0.15) is 80.2 Å². The van der Waals surface area contributed by atoms with Gasteiger partial charge in [0.1, 0.15) is 0 Å². The van der Waals surface area contributed by atoms with Crippen molar-refractivity contribution in [1.82, 2.24) is 0 Å². The van der Waals surface area contributed by atoms with E-state index in [-0.39, 0.29) is 0 Å². The van der Waals surface area contributed by atoms with Crippen LogP contribution in [0, 0.1) is 0 Å². The molecule has 0 saturated carbocycles. The summed E-state index contributed by atoms with van der Waals surface area (Å²) in [6.07, 6.45) is 11.1. The Kier molecular flexibility index (Phi) is 9.00. The van der Waals surface area contributed by atoms with Gasteiger partial charge in [-0.3, -0.25) is 0 Å². The normalized spacial score (nSPS) is 12.4. The molecule has 0 aromatic heterocycles. The number of hydrogen-bond acceptors (Lipinski definition) is 1. The lowest BCUT2D eigenvalue weighted by atomic mass is 9.87. The minimum Gasteiger partial charge on any atom is -0.478 e. The number of aryl methyl sites for hydroxylation is 2. The number of unbranched alkanes of at least 4 members (excludes halogenated alkanes) is 2. The molecule has 150 valence electrons. The minimum absolute atomic E-state index is 0.465. The molecular weight excluding hydrogens is 344 g/mol. The molecular formula is C26H34O2. The van der Waals surface area contributed by atoms with E-state index in [0.717, 1.165) is 18.4 Å². The lowest BCUT2D eigenvalue weighted by Crippen LogP contribution is -2.04. The fraction of sp³-hybridized carbons (Fsp3) is 0.423. The van der Waals surface area contributed by atoms with E-state index in [9.17, 15) is 4.79 Å². The Hall–Kier alpha value is -2.35. The second kappa shape index (κ2) is 11.5. The van der Waals surface area contributed by atoms with E-state index in [1.807, 2.05) is 12.1 Å². The second-order valence-corrected chi connectivity index (χ2v) is 7.76. The molecule has 0 radical (unpaired) electrons. The van der Waals surface area contributed by atoms with Crippen molar-refractivity contribution < 1.29 is 9.90 Å². The maximum absolute atomic E-state index is 10.6. The van der Waals surface area contributed by atoms with Gasteiger partial charge in [-0.1, -0.05) is 76.1 Å². The highest BCUT2D eigenvalue weighted by Crippen LogP contribution is 2.27. The maximum atomic E-state index is 10.6. The monoisotopic (exact) mass is 378 g/mol. The number of hydrogen-bond donors (Lipinski definition) is 1. The Morgan fingerprint density at radius 1 is 0.964 bits per heavy atom. The summed E-state index contributed by atoms with van der Waals surface area (Å²) in [6.45, 7) is 6.82. The second-order valence-electron chi connectivity index (χ2n) is 7.76. The average Bonchev–Trinajstić information content (AvgIpc) is 2.70. The smallest absolute Gasteiger partial charge is 0.328 e. The van der Waals surface area contributed by atoms with Crippen LogP contribution in [0.3, 0.4) is 0 Å². The number of carbonyl (C=O) groups is 1. The molecule has 1 N–H and O–H groups in total. The molecule has 0 fully saturated rings. The van der Waals surface area contributed by atoms with Gasteiger partial charge in [0.25, 0.3) is 0 Å². The predicted molar refractivity (Wildman–Crippen MR) is 119 cm³/mol. The van der Waals surface area contributed by atoms with E-state index in [1.54, 1.807) is 6.08 Å². The van der Waals surface area contributed by atoms with Crippen LogP contribution in [0.4, 0.5) is 0 Å². The van der Waals surface area contributed by atoms with Crippen molar-refractivity contribution in [2.45, 2.75) is 71.6 Å². The molecule has 2 nitrogen and oxygen atoms in total. The molecule has 0 aliphatic rings. The average molecular weight is 379 g/mol. The number of benzene rings is 2. The zero-order valence-electron chi connectivity index (χ0n) is 17.6. The third-order valence-electron chi connectivity index (χ3n) is 5.30. The Morgan fingerprint density at radius 3 is 2.25 bits per heavy atom. The van der Waals surface area contributed by atoms with Crippen molar-refractivity contribution in [2.24, 2.45) is 0 Å². The van der Waals surface area contributed by atoms with Crippen LogP contribution in [0.15, 0.2) is 48.5 Å². The van der Waals surface area contributed by atoms with Crippen molar-refractivity contribution in [1.29, 1.82) is 0 Å². The Morgan fingerprint density at radius 2 is 1.61 bits per heavy atom. The third kappa shape index (κ3) is 6.99. The molecule has 0 amide bonds. The fourth-order valence-electron chi connectivity index (χ4n) is 3.66. The summed E-state index contributed by atoms with van der Waals surface area (Å²) < 4.78 is 0. The van der Waals surface area contributed by atoms with Gasteiger partial charge in [0.2, 0.25) is 0 Å². The van der Waals surface area contributed by atoms with Crippen molar-refractivity contribution in [3.63, 3.8) is 0 Å². The van der Waals surface area contributed by atoms with Crippen molar-refractivity contribution in [2.75, 3.05) is 0 Å². The highest BCUT2D eigenvalue weighted by molar-refractivity contribution is 5.85. The number of carboxylic acid groups (broad SMARTS) is 1. The SMILES string of the molecule is CCCCc1ccc(C(C)Cc2ccc(/C=C/C(=O)O)cc2)c(CCCC)c1. The van der Waals surface area contributed by atoms with Crippen LogP contribution in [-0.4, -0.2) is 11.1 Å². The number of rotatable bonds is 11. The van der Waals surface area contributed by atoms with E-state index in [4.69, 9.17) is 5.11 Å². The van der Waals surface area contributed by atoms with Gasteiger partial charge in [-0.15, -0.1) is 0 Å². The van der Waals surface area contributed by atoms with Crippen molar-refractivity contribution in [3.05, 3.63) is 76.4 Å². The van der Waals surface area contributed by atoms with E-state index in [1.165, 1.54) is 60.4 Å². The molecule has 0 spiro atoms. The zero-order chi connectivity index (χ0) is 20.4. The van der Waals surface area contributed by atoms with Gasteiger partial charge < -0.3 is 5.11 Å². The summed E-state index contributed by atoms with van der Waals surface area (Å²) >= 11 is 0. The third-order valence-corrected chi connectivity index (χ3v) is 5.30. The summed E-state index contributed by atoms with van der Waals surface area (Å²) in [5, 5.41) is 8.74. The first-order chi connectivity index (χ1) is 13.5. The Balaban J connectivity index is 2.13. The first-order valence-corrected chi connectivity index (χ1v) is 10.6. The van der Waals surface area contributed by atoms with E-state index >= 15 is 0 Å². The van der Waals surface area contributed by atoms with Gasteiger partial charge in [0, 0.05) is 6.08 Å². The van der Waals surface area contributed by atoms with Gasteiger partial charge in [0.15, 0.2) is 0 Å². The predicted octanol–water partition coefficient (Wildman–Crippen LogP) is 6.82.